The van der Waals surface area contributed by atoms with Gasteiger partial charge in [0.15, 0.2) is 0 Å². The van der Waals surface area contributed by atoms with Gasteiger partial charge in [-0.15, -0.1) is 0 Å². The van der Waals surface area contributed by atoms with Crippen LogP contribution in [0.1, 0.15) is 5.56 Å². The van der Waals surface area contributed by atoms with E-state index in [-0.39, 0.29) is 10.5 Å². The zero-order valence-corrected chi connectivity index (χ0v) is 9.46. The normalized spacial score (nSPS) is 11.2. The highest BCUT2D eigenvalue weighted by Gasteiger charge is 2.19. The van der Waals surface area contributed by atoms with Crippen molar-refractivity contribution in [3.63, 3.8) is 0 Å². The molecule has 0 unspecified atom stereocenters. The zero-order chi connectivity index (χ0) is 11.8. The molecular weight excluding hydrogens is 248 g/mol. The Kier molecular flexibility index (Phi) is 2.54. The topological polar surface area (TPSA) is 70.8 Å². The van der Waals surface area contributed by atoms with Crippen LogP contribution in [-0.2, 0) is 9.05 Å². The Morgan fingerprint density at radius 2 is 2.00 bits per heavy atom. The Balaban J connectivity index is 3.03. The van der Waals surface area contributed by atoms with Crippen LogP contribution in [0.5, 0.6) is 0 Å². The van der Waals surface area contributed by atoms with Gasteiger partial charge >= 0.3 is 0 Å². The van der Waals surface area contributed by atoms with Crippen LogP contribution in [0.15, 0.2) is 35.4 Å². The van der Waals surface area contributed by atoms with E-state index in [1.165, 1.54) is 6.20 Å². The van der Waals surface area contributed by atoms with Gasteiger partial charge in [-0.2, -0.15) is 5.26 Å². The Morgan fingerprint density at radius 1 is 1.31 bits per heavy atom. The number of halogens is 1. The van der Waals surface area contributed by atoms with Gasteiger partial charge in [0, 0.05) is 22.3 Å². The number of benzene rings is 1. The molecule has 16 heavy (non-hydrogen) atoms. The first-order valence-corrected chi connectivity index (χ1v) is 6.57. The molecule has 0 radical (unpaired) electrons. The van der Waals surface area contributed by atoms with Gasteiger partial charge in [0.1, 0.15) is 11.0 Å². The second-order valence-corrected chi connectivity index (χ2v) is 5.57. The fraction of sp³-hybridized carbons (Fsp3) is 0. The van der Waals surface area contributed by atoms with Crippen LogP contribution in [0.25, 0.3) is 10.9 Å². The standard InChI is InChI=1S/C10H5ClN2O2S/c11-16(14,15)10-7(5-12)6-13-9-4-2-1-3-8(9)10/h1-4,6H. The van der Waals surface area contributed by atoms with Crippen LogP contribution in [0.2, 0.25) is 0 Å². The van der Waals surface area contributed by atoms with Crippen molar-refractivity contribution in [2.24, 2.45) is 0 Å². The summed E-state index contributed by atoms with van der Waals surface area (Å²) in [5.41, 5.74) is 0.439. The Morgan fingerprint density at radius 3 is 2.62 bits per heavy atom. The number of rotatable bonds is 1. The first kappa shape index (κ1) is 10.9. The molecule has 0 N–H and O–H groups in total. The maximum Gasteiger partial charge on any atom is 0.263 e. The molecule has 0 bridgehead atoms. The van der Waals surface area contributed by atoms with E-state index >= 15 is 0 Å². The third-order valence-corrected chi connectivity index (χ3v) is 3.48. The average molecular weight is 253 g/mol. The van der Waals surface area contributed by atoms with Crippen LogP contribution in [0.4, 0.5) is 0 Å². The Bertz CT molecular complexity index is 704. The highest BCUT2D eigenvalue weighted by Crippen LogP contribution is 2.27. The van der Waals surface area contributed by atoms with Gasteiger partial charge in [0.05, 0.1) is 11.1 Å². The van der Waals surface area contributed by atoms with E-state index in [9.17, 15) is 8.42 Å². The van der Waals surface area contributed by atoms with Crippen LogP contribution >= 0.6 is 10.7 Å². The molecule has 1 aromatic carbocycles. The van der Waals surface area contributed by atoms with E-state index in [0.29, 0.717) is 10.9 Å². The number of aromatic nitrogens is 1. The summed E-state index contributed by atoms with van der Waals surface area (Å²) in [6.45, 7) is 0. The summed E-state index contributed by atoms with van der Waals surface area (Å²) in [4.78, 5) is 3.80. The highest BCUT2D eigenvalue weighted by molar-refractivity contribution is 8.14. The molecule has 4 nitrogen and oxygen atoms in total. The molecule has 0 atom stereocenters. The number of nitriles is 1. The summed E-state index contributed by atoms with van der Waals surface area (Å²) in [6.07, 6.45) is 1.21. The molecule has 0 amide bonds. The second kappa shape index (κ2) is 3.74. The summed E-state index contributed by atoms with van der Waals surface area (Å²) < 4.78 is 22.8. The van der Waals surface area contributed by atoms with Gasteiger partial charge in [-0.1, -0.05) is 18.2 Å². The van der Waals surface area contributed by atoms with E-state index in [1.54, 1.807) is 30.3 Å². The summed E-state index contributed by atoms with van der Waals surface area (Å²) in [5, 5.41) is 9.19. The fourth-order valence-electron chi connectivity index (χ4n) is 1.46. The largest absolute Gasteiger partial charge is 0.263 e. The molecule has 0 saturated carbocycles. The molecule has 0 aliphatic heterocycles. The fourth-order valence-corrected chi connectivity index (χ4v) is 2.75. The van der Waals surface area contributed by atoms with Crippen LogP contribution in [-0.4, -0.2) is 13.4 Å². The SMILES string of the molecule is N#Cc1cnc2ccccc2c1S(=O)(=O)Cl. The predicted molar refractivity (Wildman–Crippen MR) is 59.5 cm³/mol. The first-order chi connectivity index (χ1) is 7.54. The maximum atomic E-state index is 11.4. The molecule has 80 valence electrons. The average Bonchev–Trinajstić information content (AvgIpc) is 2.26. The number of fused-ring (bicyclic) bond motifs is 1. The third-order valence-electron chi connectivity index (χ3n) is 2.09. The summed E-state index contributed by atoms with van der Waals surface area (Å²) in [5.74, 6) is 0. The van der Waals surface area contributed by atoms with Crippen LogP contribution in [0.3, 0.4) is 0 Å². The smallest absolute Gasteiger partial charge is 0.255 e. The Labute approximate surface area is 96.5 Å². The summed E-state index contributed by atoms with van der Waals surface area (Å²) in [6, 6.07) is 8.38. The molecule has 1 aromatic heterocycles. The lowest BCUT2D eigenvalue weighted by atomic mass is 10.2. The summed E-state index contributed by atoms with van der Waals surface area (Å²) in [7, 11) is 1.35. The third kappa shape index (κ3) is 1.73. The number of nitrogens with zero attached hydrogens (tertiary/aromatic N) is 2. The first-order valence-electron chi connectivity index (χ1n) is 4.26. The van der Waals surface area contributed by atoms with E-state index in [0.717, 1.165) is 0 Å². The van der Waals surface area contributed by atoms with Gasteiger partial charge in [-0.3, -0.25) is 4.98 Å². The predicted octanol–water partition coefficient (Wildman–Crippen LogP) is 2.03. The van der Waals surface area contributed by atoms with Crippen LogP contribution in [0, 0.1) is 11.3 Å². The molecule has 0 aliphatic carbocycles. The van der Waals surface area contributed by atoms with Gasteiger partial charge in [-0.05, 0) is 6.07 Å². The van der Waals surface area contributed by atoms with Gasteiger partial charge < -0.3 is 0 Å². The lowest BCUT2D eigenvalue weighted by molar-refractivity contribution is 0.610. The number of pyridine rings is 1. The highest BCUT2D eigenvalue weighted by atomic mass is 35.7. The van der Waals surface area contributed by atoms with E-state index in [1.807, 2.05) is 0 Å². The lowest BCUT2D eigenvalue weighted by Gasteiger charge is -2.03. The quantitative estimate of drug-likeness (QED) is 0.728. The van der Waals surface area contributed by atoms with Crippen molar-refractivity contribution < 1.29 is 8.42 Å². The molecule has 0 saturated heterocycles. The van der Waals surface area contributed by atoms with Crippen LogP contribution < -0.4 is 0 Å². The van der Waals surface area contributed by atoms with Gasteiger partial charge in [0.25, 0.3) is 9.05 Å². The minimum absolute atomic E-state index is 0.0475. The minimum Gasteiger partial charge on any atom is -0.255 e. The molecule has 0 fully saturated rings. The second-order valence-electron chi connectivity index (χ2n) is 3.07. The molecule has 0 aliphatic rings. The van der Waals surface area contributed by atoms with Crippen molar-refractivity contribution in [1.29, 1.82) is 5.26 Å². The molecule has 2 rings (SSSR count). The Hall–Kier alpha value is -1.64. The lowest BCUT2D eigenvalue weighted by Crippen LogP contribution is -1.98. The zero-order valence-electron chi connectivity index (χ0n) is 7.88. The van der Waals surface area contributed by atoms with Crippen molar-refractivity contribution >= 4 is 30.6 Å². The van der Waals surface area contributed by atoms with Crippen molar-refractivity contribution in [2.45, 2.75) is 4.90 Å². The molecular formula is C10H5ClN2O2S. The van der Waals surface area contributed by atoms with E-state index < -0.39 is 9.05 Å². The number of para-hydroxylation sites is 1. The number of hydrogen-bond acceptors (Lipinski definition) is 4. The monoisotopic (exact) mass is 252 g/mol. The molecule has 6 heteroatoms. The van der Waals surface area contributed by atoms with Gasteiger partial charge in [0.2, 0.25) is 0 Å². The van der Waals surface area contributed by atoms with Crippen molar-refractivity contribution in [2.75, 3.05) is 0 Å². The molecule has 0 spiro atoms. The maximum absolute atomic E-state index is 11.4. The summed E-state index contributed by atoms with van der Waals surface area (Å²) >= 11 is 0. The molecule has 1 heterocycles. The number of hydrogen-bond donors (Lipinski definition) is 0. The van der Waals surface area contributed by atoms with E-state index in [4.69, 9.17) is 15.9 Å². The van der Waals surface area contributed by atoms with Crippen molar-refractivity contribution in [3.05, 3.63) is 36.0 Å². The molecule has 2 aromatic rings. The van der Waals surface area contributed by atoms with E-state index in [2.05, 4.69) is 4.98 Å². The minimum atomic E-state index is -3.96. The van der Waals surface area contributed by atoms with Crippen molar-refractivity contribution in [3.8, 4) is 6.07 Å². The van der Waals surface area contributed by atoms with Gasteiger partial charge in [-0.25, -0.2) is 8.42 Å². The van der Waals surface area contributed by atoms with Crippen molar-refractivity contribution in [1.82, 2.24) is 4.98 Å².